The van der Waals surface area contributed by atoms with Crippen molar-refractivity contribution in [3.63, 3.8) is 0 Å². The van der Waals surface area contributed by atoms with Crippen molar-refractivity contribution in [1.29, 1.82) is 0 Å². The molecule has 0 spiro atoms. The van der Waals surface area contributed by atoms with Crippen molar-refractivity contribution >= 4 is 5.97 Å². The smallest absolute Gasteiger partial charge is 0.309 e. The number of hydrogen-bond acceptors (Lipinski definition) is 3. The number of esters is 1. The number of ether oxygens (including phenoxy) is 1. The fourth-order valence-electron chi connectivity index (χ4n) is 2.33. The lowest BCUT2D eigenvalue weighted by molar-refractivity contribution is -0.146. The molecule has 1 heterocycles. The lowest BCUT2D eigenvalue weighted by atomic mass is 9.85. The summed E-state index contributed by atoms with van der Waals surface area (Å²) in [5.74, 6) is -0.573. The van der Waals surface area contributed by atoms with Crippen LogP contribution in [0.25, 0.3) is 0 Å². The van der Waals surface area contributed by atoms with Crippen molar-refractivity contribution < 1.29 is 13.9 Å². The van der Waals surface area contributed by atoms with Crippen LogP contribution in [0.2, 0.25) is 0 Å². The molecule has 0 aliphatic carbocycles. The molecule has 1 aromatic carbocycles. The second kappa shape index (κ2) is 5.27. The predicted molar refractivity (Wildman–Crippen MR) is 62.1 cm³/mol. The zero-order valence-corrected chi connectivity index (χ0v) is 9.78. The second-order valence-corrected chi connectivity index (χ2v) is 4.33. The van der Waals surface area contributed by atoms with E-state index in [0.29, 0.717) is 25.1 Å². The first-order valence-electron chi connectivity index (χ1n) is 5.75. The Hall–Kier alpha value is -1.42. The van der Waals surface area contributed by atoms with Gasteiger partial charge in [-0.15, -0.1) is 0 Å². The summed E-state index contributed by atoms with van der Waals surface area (Å²) in [6.07, 6.45) is 0.639. The summed E-state index contributed by atoms with van der Waals surface area (Å²) in [6, 6.07) is 6.73. The van der Waals surface area contributed by atoms with Crippen molar-refractivity contribution in [2.75, 3.05) is 20.2 Å². The van der Waals surface area contributed by atoms with Crippen LogP contribution in [0, 0.1) is 11.7 Å². The van der Waals surface area contributed by atoms with E-state index in [9.17, 15) is 9.18 Å². The second-order valence-electron chi connectivity index (χ2n) is 4.33. The number of hydrogen-bond donors (Lipinski definition) is 1. The summed E-state index contributed by atoms with van der Waals surface area (Å²) >= 11 is 0. The molecule has 17 heavy (non-hydrogen) atoms. The number of benzene rings is 1. The number of rotatable bonds is 2. The van der Waals surface area contributed by atoms with Crippen molar-refractivity contribution in [2.24, 2.45) is 5.92 Å². The molecule has 3 nitrogen and oxygen atoms in total. The van der Waals surface area contributed by atoms with Gasteiger partial charge in [0.25, 0.3) is 0 Å². The van der Waals surface area contributed by atoms with E-state index in [1.165, 1.54) is 13.2 Å². The Bertz CT molecular complexity index is 408. The van der Waals surface area contributed by atoms with Gasteiger partial charge in [0.1, 0.15) is 5.82 Å². The first-order chi connectivity index (χ1) is 8.22. The number of halogens is 1. The van der Waals surface area contributed by atoms with Crippen LogP contribution >= 0.6 is 0 Å². The molecule has 1 fully saturated rings. The van der Waals surface area contributed by atoms with Gasteiger partial charge >= 0.3 is 5.97 Å². The Balaban J connectivity index is 2.12. The minimum absolute atomic E-state index is 0.0362. The van der Waals surface area contributed by atoms with Gasteiger partial charge in [0.15, 0.2) is 0 Å². The third-order valence-corrected chi connectivity index (χ3v) is 3.23. The van der Waals surface area contributed by atoms with E-state index in [1.54, 1.807) is 12.1 Å². The molecular weight excluding hydrogens is 221 g/mol. The lowest BCUT2D eigenvalue weighted by Gasteiger charge is -2.28. The Labute approximate surface area is 100.0 Å². The highest BCUT2D eigenvalue weighted by Crippen LogP contribution is 2.28. The molecule has 1 N–H and O–H groups in total. The van der Waals surface area contributed by atoms with Gasteiger partial charge in [0.05, 0.1) is 13.0 Å². The van der Waals surface area contributed by atoms with Gasteiger partial charge in [-0.1, -0.05) is 18.2 Å². The first kappa shape index (κ1) is 12.0. The highest BCUT2D eigenvalue weighted by molar-refractivity contribution is 5.72. The normalized spacial score (nSPS) is 24.4. The van der Waals surface area contributed by atoms with Crippen LogP contribution in [0.1, 0.15) is 17.9 Å². The van der Waals surface area contributed by atoms with Gasteiger partial charge < -0.3 is 10.1 Å². The molecule has 2 atom stereocenters. The topological polar surface area (TPSA) is 38.3 Å². The molecule has 1 aromatic rings. The third kappa shape index (κ3) is 2.64. The van der Waals surface area contributed by atoms with E-state index in [-0.39, 0.29) is 23.6 Å². The summed E-state index contributed by atoms with van der Waals surface area (Å²) in [4.78, 5) is 11.5. The Kier molecular flexibility index (Phi) is 3.74. The molecule has 0 saturated carbocycles. The maximum Gasteiger partial charge on any atom is 0.309 e. The minimum Gasteiger partial charge on any atom is -0.469 e. The molecule has 2 unspecified atom stereocenters. The van der Waals surface area contributed by atoms with Gasteiger partial charge in [0, 0.05) is 19.0 Å². The van der Waals surface area contributed by atoms with Crippen LogP contribution in [-0.4, -0.2) is 26.2 Å². The van der Waals surface area contributed by atoms with E-state index in [1.807, 2.05) is 6.07 Å². The maximum absolute atomic E-state index is 13.6. The average molecular weight is 237 g/mol. The summed E-state index contributed by atoms with van der Waals surface area (Å²) < 4.78 is 18.4. The van der Waals surface area contributed by atoms with Crippen molar-refractivity contribution in [2.45, 2.75) is 12.3 Å². The SMILES string of the molecule is COC(=O)C1CNCC(c2ccccc2F)C1. The van der Waals surface area contributed by atoms with Crippen LogP contribution < -0.4 is 5.32 Å². The monoisotopic (exact) mass is 237 g/mol. The fourth-order valence-corrected chi connectivity index (χ4v) is 2.33. The molecule has 0 bridgehead atoms. The summed E-state index contributed by atoms with van der Waals surface area (Å²) in [5.41, 5.74) is 0.675. The molecule has 0 radical (unpaired) electrons. The molecule has 0 amide bonds. The zero-order valence-electron chi connectivity index (χ0n) is 9.78. The van der Waals surface area contributed by atoms with Crippen LogP contribution in [-0.2, 0) is 9.53 Å². The highest BCUT2D eigenvalue weighted by Gasteiger charge is 2.29. The Morgan fingerprint density at radius 3 is 2.88 bits per heavy atom. The minimum atomic E-state index is -0.224. The van der Waals surface area contributed by atoms with E-state index in [0.717, 1.165) is 0 Å². The molecule has 1 aliphatic heterocycles. The van der Waals surface area contributed by atoms with Gasteiger partial charge in [-0.2, -0.15) is 0 Å². The summed E-state index contributed by atoms with van der Waals surface area (Å²) in [7, 11) is 1.38. The number of carbonyl (C=O) groups excluding carboxylic acids is 1. The molecule has 92 valence electrons. The number of nitrogens with one attached hydrogen (secondary N) is 1. The van der Waals surface area contributed by atoms with Crippen LogP contribution in [0.4, 0.5) is 4.39 Å². The van der Waals surface area contributed by atoms with Crippen LogP contribution in [0.15, 0.2) is 24.3 Å². The molecule has 2 rings (SSSR count). The van der Waals surface area contributed by atoms with Gasteiger partial charge in [-0.3, -0.25) is 4.79 Å². The fraction of sp³-hybridized carbons (Fsp3) is 0.462. The predicted octanol–water partition coefficient (Wildman–Crippen LogP) is 1.69. The van der Waals surface area contributed by atoms with Gasteiger partial charge in [0.2, 0.25) is 0 Å². The first-order valence-corrected chi connectivity index (χ1v) is 5.75. The summed E-state index contributed by atoms with van der Waals surface area (Å²) in [5, 5.41) is 3.16. The van der Waals surface area contributed by atoms with Gasteiger partial charge in [-0.05, 0) is 18.1 Å². The van der Waals surface area contributed by atoms with Crippen molar-refractivity contribution in [3.8, 4) is 0 Å². The largest absolute Gasteiger partial charge is 0.469 e. The Morgan fingerprint density at radius 2 is 2.18 bits per heavy atom. The number of piperidine rings is 1. The van der Waals surface area contributed by atoms with Crippen LogP contribution in [0.3, 0.4) is 0 Å². The maximum atomic E-state index is 13.6. The lowest BCUT2D eigenvalue weighted by Crippen LogP contribution is -2.39. The number of methoxy groups -OCH3 is 1. The number of carbonyl (C=O) groups is 1. The molecule has 1 saturated heterocycles. The van der Waals surface area contributed by atoms with E-state index in [2.05, 4.69) is 5.32 Å². The molecule has 1 aliphatic rings. The highest BCUT2D eigenvalue weighted by atomic mass is 19.1. The van der Waals surface area contributed by atoms with E-state index >= 15 is 0 Å². The van der Waals surface area contributed by atoms with Crippen molar-refractivity contribution in [1.82, 2.24) is 5.32 Å². The summed E-state index contributed by atoms with van der Waals surface area (Å²) in [6.45, 7) is 1.31. The standard InChI is InChI=1S/C13H16FNO2/c1-17-13(16)10-6-9(7-15-8-10)11-4-2-3-5-12(11)14/h2-5,9-10,15H,6-8H2,1H3. The average Bonchev–Trinajstić information content (AvgIpc) is 2.38. The zero-order chi connectivity index (χ0) is 12.3. The molecule has 4 heteroatoms. The van der Waals surface area contributed by atoms with Crippen LogP contribution in [0.5, 0.6) is 0 Å². The molecule has 0 aromatic heterocycles. The van der Waals surface area contributed by atoms with E-state index in [4.69, 9.17) is 4.74 Å². The third-order valence-electron chi connectivity index (χ3n) is 3.23. The van der Waals surface area contributed by atoms with Gasteiger partial charge in [-0.25, -0.2) is 4.39 Å². The molecular formula is C13H16FNO2. The van der Waals surface area contributed by atoms with Crippen molar-refractivity contribution in [3.05, 3.63) is 35.6 Å². The quantitative estimate of drug-likeness (QED) is 0.795. The Morgan fingerprint density at radius 1 is 1.41 bits per heavy atom. The van der Waals surface area contributed by atoms with E-state index < -0.39 is 0 Å².